The Labute approximate surface area is 161 Å². The summed E-state index contributed by atoms with van der Waals surface area (Å²) in [5.74, 6) is -0.545. The van der Waals surface area contributed by atoms with Crippen molar-refractivity contribution < 1.29 is 14.3 Å². The van der Waals surface area contributed by atoms with E-state index < -0.39 is 0 Å². The molecule has 2 atom stereocenters. The van der Waals surface area contributed by atoms with Crippen molar-refractivity contribution in [1.82, 2.24) is 0 Å². The van der Waals surface area contributed by atoms with E-state index in [0.29, 0.717) is 33.6 Å². The van der Waals surface area contributed by atoms with Gasteiger partial charge in [-0.15, -0.1) is 0 Å². The summed E-state index contributed by atoms with van der Waals surface area (Å²) in [6, 6.07) is 10.3. The lowest BCUT2D eigenvalue weighted by molar-refractivity contribution is -0.122. The van der Waals surface area contributed by atoms with Gasteiger partial charge < -0.3 is 15.4 Å². The van der Waals surface area contributed by atoms with Crippen LogP contribution in [0.25, 0.3) is 0 Å². The van der Waals surface area contributed by atoms with Crippen molar-refractivity contribution in [2.24, 2.45) is 11.8 Å². The van der Waals surface area contributed by atoms with Crippen molar-refractivity contribution in [1.29, 1.82) is 0 Å². The van der Waals surface area contributed by atoms with Gasteiger partial charge in [0.15, 0.2) is 0 Å². The van der Waals surface area contributed by atoms with Crippen molar-refractivity contribution in [3.63, 3.8) is 0 Å². The highest BCUT2D eigenvalue weighted by atomic mass is 35.5. The fourth-order valence-electron chi connectivity index (χ4n) is 2.66. The van der Waals surface area contributed by atoms with E-state index in [0.717, 1.165) is 5.56 Å². The van der Waals surface area contributed by atoms with Gasteiger partial charge in [-0.3, -0.25) is 9.59 Å². The zero-order chi connectivity index (χ0) is 18.8. The molecule has 0 spiro atoms. The number of amides is 2. The molecule has 2 unspecified atom stereocenters. The van der Waals surface area contributed by atoms with Crippen LogP contribution < -0.4 is 15.4 Å². The van der Waals surface area contributed by atoms with Crippen LogP contribution in [0.3, 0.4) is 0 Å². The topological polar surface area (TPSA) is 67.4 Å². The van der Waals surface area contributed by atoms with Gasteiger partial charge in [0.1, 0.15) is 5.75 Å². The van der Waals surface area contributed by atoms with Gasteiger partial charge in [0.25, 0.3) is 0 Å². The minimum Gasteiger partial charge on any atom is -0.495 e. The van der Waals surface area contributed by atoms with Crippen LogP contribution in [-0.2, 0) is 9.59 Å². The molecule has 0 bridgehead atoms. The molecule has 1 fully saturated rings. The number of aryl methyl sites for hydroxylation is 1. The van der Waals surface area contributed by atoms with E-state index in [9.17, 15) is 9.59 Å². The number of carbonyl (C=O) groups excluding carboxylic acids is 2. The normalized spacial score (nSPS) is 18.2. The second kappa shape index (κ2) is 7.56. The van der Waals surface area contributed by atoms with Crippen LogP contribution in [0.1, 0.15) is 12.0 Å². The largest absolute Gasteiger partial charge is 0.495 e. The van der Waals surface area contributed by atoms with Gasteiger partial charge in [-0.05, 0) is 49.2 Å². The summed E-state index contributed by atoms with van der Waals surface area (Å²) in [7, 11) is 1.52. The van der Waals surface area contributed by atoms with Crippen LogP contribution in [0.15, 0.2) is 36.4 Å². The molecule has 2 N–H and O–H groups in total. The van der Waals surface area contributed by atoms with Crippen molar-refractivity contribution in [3.05, 3.63) is 52.0 Å². The van der Waals surface area contributed by atoms with Gasteiger partial charge in [0.2, 0.25) is 11.8 Å². The van der Waals surface area contributed by atoms with Gasteiger partial charge in [-0.2, -0.15) is 0 Å². The molecule has 1 aliphatic rings. The molecule has 0 aliphatic heterocycles. The second-order valence-corrected chi connectivity index (χ2v) is 7.05. The SMILES string of the molecule is COc1ccc(NC(=O)C2CC2C(=O)Nc2ccc(C)c(Cl)c2)cc1Cl. The quantitative estimate of drug-likeness (QED) is 0.785. The Morgan fingerprint density at radius 1 is 0.962 bits per heavy atom. The van der Waals surface area contributed by atoms with Crippen LogP contribution in [0.2, 0.25) is 10.0 Å². The third-order valence-electron chi connectivity index (χ3n) is 4.32. The third kappa shape index (κ3) is 4.11. The van der Waals surface area contributed by atoms with Crippen molar-refractivity contribution >= 4 is 46.4 Å². The summed E-state index contributed by atoms with van der Waals surface area (Å²) in [6.07, 6.45) is 0.515. The number of hydrogen-bond donors (Lipinski definition) is 2. The Hall–Kier alpha value is -2.24. The van der Waals surface area contributed by atoms with Gasteiger partial charge in [0.05, 0.1) is 24.0 Å². The maximum atomic E-state index is 12.3. The summed E-state index contributed by atoms with van der Waals surface area (Å²) in [4.78, 5) is 24.6. The van der Waals surface area contributed by atoms with Crippen molar-refractivity contribution in [2.75, 3.05) is 17.7 Å². The zero-order valence-electron chi connectivity index (χ0n) is 14.3. The van der Waals surface area contributed by atoms with E-state index in [-0.39, 0.29) is 23.7 Å². The molecule has 136 valence electrons. The van der Waals surface area contributed by atoms with Crippen LogP contribution in [-0.4, -0.2) is 18.9 Å². The van der Waals surface area contributed by atoms with Crippen molar-refractivity contribution in [2.45, 2.75) is 13.3 Å². The zero-order valence-corrected chi connectivity index (χ0v) is 15.8. The molecule has 3 rings (SSSR count). The minimum absolute atomic E-state index is 0.183. The van der Waals surface area contributed by atoms with Gasteiger partial charge >= 0.3 is 0 Å². The lowest BCUT2D eigenvalue weighted by Crippen LogP contribution is -2.20. The standard InChI is InChI=1S/C19H18Cl2N2O3/c1-10-3-4-11(7-15(10)20)22-18(24)13-9-14(13)19(25)23-12-5-6-17(26-2)16(21)8-12/h3-8,13-14H,9H2,1-2H3,(H,22,24)(H,23,25). The van der Waals surface area contributed by atoms with E-state index >= 15 is 0 Å². The average molecular weight is 393 g/mol. The molecule has 5 nitrogen and oxygen atoms in total. The van der Waals surface area contributed by atoms with E-state index in [2.05, 4.69) is 10.6 Å². The first-order valence-electron chi connectivity index (χ1n) is 8.10. The van der Waals surface area contributed by atoms with E-state index in [1.165, 1.54) is 7.11 Å². The molecular formula is C19H18Cl2N2O3. The Bertz CT molecular complexity index is 870. The molecule has 0 radical (unpaired) electrons. The van der Waals surface area contributed by atoms with Crippen LogP contribution in [0.5, 0.6) is 5.75 Å². The van der Waals surface area contributed by atoms with Crippen LogP contribution >= 0.6 is 23.2 Å². The van der Waals surface area contributed by atoms with E-state index in [4.69, 9.17) is 27.9 Å². The molecule has 7 heteroatoms. The predicted molar refractivity (Wildman–Crippen MR) is 103 cm³/mol. The van der Waals surface area contributed by atoms with Crippen molar-refractivity contribution in [3.8, 4) is 5.75 Å². The van der Waals surface area contributed by atoms with Gasteiger partial charge in [0, 0.05) is 16.4 Å². The Kier molecular flexibility index (Phi) is 5.39. The molecule has 26 heavy (non-hydrogen) atoms. The number of anilines is 2. The molecule has 1 saturated carbocycles. The van der Waals surface area contributed by atoms with E-state index in [1.807, 2.05) is 13.0 Å². The third-order valence-corrected chi connectivity index (χ3v) is 5.03. The lowest BCUT2D eigenvalue weighted by atomic mass is 10.2. The predicted octanol–water partition coefficient (Wildman–Crippen LogP) is 4.52. The molecular weight excluding hydrogens is 375 g/mol. The monoisotopic (exact) mass is 392 g/mol. The highest BCUT2D eigenvalue weighted by Gasteiger charge is 2.48. The maximum Gasteiger partial charge on any atom is 0.228 e. The summed E-state index contributed by atoms with van der Waals surface area (Å²) >= 11 is 12.1. The second-order valence-electron chi connectivity index (χ2n) is 6.24. The number of halogens is 2. The molecule has 2 amide bonds. The first-order chi connectivity index (χ1) is 12.4. The summed E-state index contributed by atoms with van der Waals surface area (Å²) in [5.41, 5.74) is 2.13. The number of carbonyl (C=O) groups is 2. The summed E-state index contributed by atoms with van der Waals surface area (Å²) in [5, 5.41) is 6.58. The first-order valence-corrected chi connectivity index (χ1v) is 8.86. The van der Waals surface area contributed by atoms with Gasteiger partial charge in [-0.25, -0.2) is 0 Å². The highest BCUT2D eigenvalue weighted by Crippen LogP contribution is 2.40. The average Bonchev–Trinajstić information content (AvgIpc) is 3.39. The molecule has 0 saturated heterocycles. The maximum absolute atomic E-state index is 12.3. The van der Waals surface area contributed by atoms with Crippen LogP contribution in [0.4, 0.5) is 11.4 Å². The Morgan fingerprint density at radius 2 is 1.50 bits per heavy atom. The number of ether oxygens (including phenoxy) is 1. The number of methoxy groups -OCH3 is 1. The molecule has 0 aromatic heterocycles. The Morgan fingerprint density at radius 3 is 2.00 bits per heavy atom. The van der Waals surface area contributed by atoms with Crippen LogP contribution in [0, 0.1) is 18.8 Å². The number of hydrogen-bond acceptors (Lipinski definition) is 3. The number of nitrogens with one attached hydrogen (secondary N) is 2. The smallest absolute Gasteiger partial charge is 0.228 e. The lowest BCUT2D eigenvalue weighted by Gasteiger charge is -2.09. The summed E-state index contributed by atoms with van der Waals surface area (Å²) in [6.45, 7) is 1.89. The molecule has 0 heterocycles. The summed E-state index contributed by atoms with van der Waals surface area (Å²) < 4.78 is 5.08. The fourth-order valence-corrected chi connectivity index (χ4v) is 3.10. The minimum atomic E-state index is -0.350. The first kappa shape index (κ1) is 18.5. The molecule has 2 aromatic rings. The molecule has 1 aliphatic carbocycles. The van der Waals surface area contributed by atoms with Gasteiger partial charge in [-0.1, -0.05) is 29.3 Å². The fraction of sp³-hybridized carbons (Fsp3) is 0.263. The highest BCUT2D eigenvalue weighted by molar-refractivity contribution is 6.32. The van der Waals surface area contributed by atoms with E-state index in [1.54, 1.807) is 30.3 Å². The number of benzene rings is 2. The number of rotatable bonds is 5. The Balaban J connectivity index is 1.57. The molecule has 2 aromatic carbocycles.